The van der Waals surface area contributed by atoms with Gasteiger partial charge in [-0.25, -0.2) is 0 Å². The van der Waals surface area contributed by atoms with Crippen LogP contribution in [-0.4, -0.2) is 72.7 Å². The molecule has 1 fully saturated rings. The maximum absolute atomic E-state index is 10.8. The highest BCUT2D eigenvalue weighted by Gasteiger charge is 2.60. The third kappa shape index (κ3) is 1.51. The van der Waals surface area contributed by atoms with E-state index in [9.17, 15) is 30.3 Å². The number of aliphatic hydroxyl groups is 6. The molecular weight excluding hydrogens is 210 g/mol. The Morgan fingerprint density at radius 2 is 1.27 bits per heavy atom. The van der Waals surface area contributed by atoms with Crippen molar-refractivity contribution >= 4 is 5.91 Å². The topological polar surface area (TPSA) is 164 Å². The second kappa shape index (κ2) is 3.67. The molecule has 0 aromatic carbocycles. The van der Waals surface area contributed by atoms with Crippen LogP contribution in [0.3, 0.4) is 0 Å². The van der Waals surface area contributed by atoms with E-state index in [0.29, 0.717) is 0 Å². The first kappa shape index (κ1) is 12.3. The summed E-state index contributed by atoms with van der Waals surface area (Å²) >= 11 is 0. The standard InChI is InChI=1S/C7H13NO7/c8-6(14)7(15)4(12)2(10)1(9)3(11)5(7)13/h1-5,9-13,15H,(H2,8,14)/t1-,2-,3+,4-,5-,7-/m1/s1. The van der Waals surface area contributed by atoms with Gasteiger partial charge in [-0.15, -0.1) is 0 Å². The molecule has 6 atom stereocenters. The number of primary amides is 1. The van der Waals surface area contributed by atoms with Gasteiger partial charge in [0.15, 0.2) is 5.60 Å². The van der Waals surface area contributed by atoms with Crippen LogP contribution < -0.4 is 5.73 Å². The summed E-state index contributed by atoms with van der Waals surface area (Å²) in [7, 11) is 0. The van der Waals surface area contributed by atoms with Crippen LogP contribution in [0.15, 0.2) is 0 Å². The molecule has 8 nitrogen and oxygen atoms in total. The molecule has 1 saturated carbocycles. The molecule has 1 aliphatic carbocycles. The summed E-state index contributed by atoms with van der Waals surface area (Å²) in [5, 5.41) is 55.6. The van der Waals surface area contributed by atoms with Gasteiger partial charge in [-0.3, -0.25) is 4.79 Å². The Labute approximate surface area is 84.2 Å². The van der Waals surface area contributed by atoms with Crippen molar-refractivity contribution in [2.24, 2.45) is 5.73 Å². The van der Waals surface area contributed by atoms with Gasteiger partial charge in [-0.1, -0.05) is 0 Å². The van der Waals surface area contributed by atoms with E-state index in [1.165, 1.54) is 0 Å². The number of carbonyl (C=O) groups excluding carboxylic acids is 1. The number of amides is 1. The molecule has 88 valence electrons. The van der Waals surface area contributed by atoms with Gasteiger partial charge in [0.2, 0.25) is 0 Å². The first-order chi connectivity index (χ1) is 6.74. The fraction of sp³-hybridized carbons (Fsp3) is 0.857. The summed E-state index contributed by atoms with van der Waals surface area (Å²) in [4.78, 5) is 10.8. The van der Waals surface area contributed by atoms with Crippen LogP contribution in [0.2, 0.25) is 0 Å². The van der Waals surface area contributed by atoms with Crippen molar-refractivity contribution in [2.75, 3.05) is 0 Å². The van der Waals surface area contributed by atoms with E-state index in [4.69, 9.17) is 10.8 Å². The quantitative estimate of drug-likeness (QED) is 0.234. The maximum atomic E-state index is 10.8. The fourth-order valence-electron chi connectivity index (χ4n) is 1.56. The van der Waals surface area contributed by atoms with Gasteiger partial charge < -0.3 is 36.4 Å². The Morgan fingerprint density at radius 1 is 0.933 bits per heavy atom. The summed E-state index contributed by atoms with van der Waals surface area (Å²) in [6, 6.07) is 0. The Morgan fingerprint density at radius 3 is 1.53 bits per heavy atom. The fourth-order valence-corrected chi connectivity index (χ4v) is 1.56. The molecule has 0 saturated heterocycles. The van der Waals surface area contributed by atoms with E-state index in [0.717, 1.165) is 0 Å². The molecule has 8 heteroatoms. The highest BCUT2D eigenvalue weighted by Crippen LogP contribution is 2.29. The van der Waals surface area contributed by atoms with E-state index in [1.807, 2.05) is 0 Å². The largest absolute Gasteiger partial charge is 0.387 e. The normalized spacial score (nSPS) is 51.5. The van der Waals surface area contributed by atoms with E-state index in [-0.39, 0.29) is 0 Å². The number of hydrogen-bond acceptors (Lipinski definition) is 7. The van der Waals surface area contributed by atoms with Crippen molar-refractivity contribution in [3.8, 4) is 0 Å². The summed E-state index contributed by atoms with van der Waals surface area (Å²) in [6.45, 7) is 0. The average Bonchev–Trinajstić information content (AvgIpc) is 2.20. The van der Waals surface area contributed by atoms with Crippen molar-refractivity contribution in [1.29, 1.82) is 0 Å². The predicted octanol–water partition coefficient (Wildman–Crippen LogP) is -4.98. The highest BCUT2D eigenvalue weighted by atomic mass is 16.4. The van der Waals surface area contributed by atoms with Crippen molar-refractivity contribution in [1.82, 2.24) is 0 Å². The first-order valence-electron chi connectivity index (χ1n) is 4.17. The van der Waals surface area contributed by atoms with Crippen LogP contribution >= 0.6 is 0 Å². The molecule has 0 aromatic rings. The van der Waals surface area contributed by atoms with Crippen LogP contribution in [0.25, 0.3) is 0 Å². The van der Waals surface area contributed by atoms with E-state index >= 15 is 0 Å². The van der Waals surface area contributed by atoms with Crippen molar-refractivity contribution in [3.63, 3.8) is 0 Å². The van der Waals surface area contributed by atoms with E-state index in [1.54, 1.807) is 0 Å². The molecule has 0 heterocycles. The van der Waals surface area contributed by atoms with Crippen LogP contribution in [0.4, 0.5) is 0 Å². The minimum absolute atomic E-state index is 1.51. The zero-order valence-electron chi connectivity index (χ0n) is 7.56. The Hall–Kier alpha value is -0.770. The Kier molecular flexibility index (Phi) is 3.01. The lowest BCUT2D eigenvalue weighted by atomic mass is 9.74. The van der Waals surface area contributed by atoms with Gasteiger partial charge in [-0.05, 0) is 0 Å². The smallest absolute Gasteiger partial charge is 0.255 e. The second-order valence-corrected chi connectivity index (χ2v) is 3.55. The average molecular weight is 223 g/mol. The molecular formula is C7H13NO7. The number of aliphatic hydroxyl groups excluding tert-OH is 5. The van der Waals surface area contributed by atoms with Crippen LogP contribution in [0, 0.1) is 0 Å². The van der Waals surface area contributed by atoms with Crippen LogP contribution in [0.5, 0.6) is 0 Å². The molecule has 0 radical (unpaired) electrons. The minimum Gasteiger partial charge on any atom is -0.387 e. The number of rotatable bonds is 1. The molecule has 0 aliphatic heterocycles. The number of carbonyl (C=O) groups is 1. The Balaban J connectivity index is 3.12. The van der Waals surface area contributed by atoms with Gasteiger partial charge in [-0.2, -0.15) is 0 Å². The molecule has 15 heavy (non-hydrogen) atoms. The first-order valence-corrected chi connectivity index (χ1v) is 4.17. The number of hydrogen-bond donors (Lipinski definition) is 7. The molecule has 0 unspecified atom stereocenters. The van der Waals surface area contributed by atoms with Crippen LogP contribution in [0.1, 0.15) is 0 Å². The molecule has 0 aromatic heterocycles. The van der Waals surface area contributed by atoms with Gasteiger partial charge in [0, 0.05) is 0 Å². The lowest BCUT2D eigenvalue weighted by Crippen LogP contribution is -2.74. The summed E-state index contributed by atoms with van der Waals surface area (Å²) in [6.07, 6.45) is -10.2. The van der Waals surface area contributed by atoms with E-state index < -0.39 is 42.0 Å². The molecule has 1 amide bonds. The van der Waals surface area contributed by atoms with Crippen molar-refractivity contribution < 1.29 is 35.4 Å². The molecule has 1 rings (SSSR count). The third-order valence-corrected chi connectivity index (χ3v) is 2.64. The Bertz CT molecular complexity index is 254. The zero-order chi connectivity index (χ0) is 12.0. The highest BCUT2D eigenvalue weighted by molar-refractivity contribution is 5.85. The van der Waals surface area contributed by atoms with Gasteiger partial charge in [0.1, 0.15) is 30.5 Å². The third-order valence-electron chi connectivity index (χ3n) is 2.64. The van der Waals surface area contributed by atoms with Gasteiger partial charge in [0.05, 0.1) is 0 Å². The van der Waals surface area contributed by atoms with Gasteiger partial charge in [0.25, 0.3) is 5.91 Å². The molecule has 0 spiro atoms. The lowest BCUT2D eigenvalue weighted by molar-refractivity contribution is -0.258. The van der Waals surface area contributed by atoms with E-state index in [2.05, 4.69) is 0 Å². The monoisotopic (exact) mass is 223 g/mol. The summed E-state index contributed by atoms with van der Waals surface area (Å²) < 4.78 is 0. The maximum Gasteiger partial charge on any atom is 0.255 e. The second-order valence-electron chi connectivity index (χ2n) is 3.55. The minimum atomic E-state index is -2.89. The summed E-state index contributed by atoms with van der Waals surface area (Å²) in [5.41, 5.74) is 1.85. The zero-order valence-corrected chi connectivity index (χ0v) is 7.56. The number of nitrogens with two attached hydrogens (primary N) is 1. The van der Waals surface area contributed by atoms with Crippen molar-refractivity contribution in [2.45, 2.75) is 36.1 Å². The lowest BCUT2D eigenvalue weighted by Gasteiger charge is -2.45. The molecule has 8 N–H and O–H groups in total. The molecule has 1 aliphatic rings. The van der Waals surface area contributed by atoms with Gasteiger partial charge >= 0.3 is 0 Å². The summed E-state index contributed by atoms with van der Waals surface area (Å²) in [5.74, 6) is -1.51. The molecule has 0 bridgehead atoms. The van der Waals surface area contributed by atoms with Crippen molar-refractivity contribution in [3.05, 3.63) is 0 Å². The van der Waals surface area contributed by atoms with Crippen LogP contribution in [-0.2, 0) is 4.79 Å². The SMILES string of the molecule is NC(=O)[C@@]1(O)[C@H](O)[C@H](O)[C@@H](O)[C@H](O)[C@H]1O. The predicted molar refractivity (Wildman–Crippen MR) is 44.2 cm³/mol.